The minimum absolute atomic E-state index is 0.126. The monoisotopic (exact) mass is 265 g/mol. The molecule has 6 heteroatoms. The van der Waals surface area contributed by atoms with Gasteiger partial charge < -0.3 is 15.6 Å². The molecule has 18 heavy (non-hydrogen) atoms. The van der Waals surface area contributed by atoms with Crippen LogP contribution in [0.2, 0.25) is 0 Å². The Morgan fingerprint density at radius 1 is 1.44 bits per heavy atom. The van der Waals surface area contributed by atoms with Gasteiger partial charge in [-0.15, -0.1) is 11.3 Å². The van der Waals surface area contributed by atoms with Crippen molar-refractivity contribution in [2.24, 2.45) is 5.73 Å². The van der Waals surface area contributed by atoms with Crippen LogP contribution in [0.5, 0.6) is 5.75 Å². The highest BCUT2D eigenvalue weighted by Gasteiger charge is 2.20. The van der Waals surface area contributed by atoms with Gasteiger partial charge in [-0.25, -0.2) is 9.59 Å². The number of amides is 1. The first kappa shape index (κ1) is 12.4. The summed E-state index contributed by atoms with van der Waals surface area (Å²) in [5.41, 5.74) is 5.18. The predicted molar refractivity (Wildman–Crippen MR) is 67.9 cm³/mol. The lowest BCUT2D eigenvalue weighted by molar-refractivity contribution is 0.0640. The summed E-state index contributed by atoms with van der Waals surface area (Å²) in [6, 6.07) is 4.67. The third-order valence-electron chi connectivity index (χ3n) is 2.47. The lowest BCUT2D eigenvalue weighted by Crippen LogP contribution is -2.18. The second kappa shape index (κ2) is 4.66. The van der Waals surface area contributed by atoms with E-state index in [2.05, 4.69) is 4.74 Å². The topological polar surface area (TPSA) is 89.6 Å². The Morgan fingerprint density at radius 3 is 2.78 bits per heavy atom. The van der Waals surface area contributed by atoms with Crippen molar-refractivity contribution in [3.05, 3.63) is 28.6 Å². The highest BCUT2D eigenvalue weighted by atomic mass is 32.1. The number of hydrogen-bond donors (Lipinski definition) is 2. The molecule has 1 aromatic carbocycles. The standard InChI is InChI=1S/C12H11NO4S/c1-2-8-10(11(15)17-12(13)16)7-4-3-6(14)5-9(7)18-8/h3-5,14H,2H2,1H3,(H2,13,16). The Morgan fingerprint density at radius 2 is 2.17 bits per heavy atom. The number of carbonyl (C=O) groups is 2. The van der Waals surface area contributed by atoms with Crippen LogP contribution in [0, 0.1) is 0 Å². The molecule has 0 spiro atoms. The number of aromatic hydroxyl groups is 1. The Balaban J connectivity index is 2.60. The van der Waals surface area contributed by atoms with E-state index >= 15 is 0 Å². The molecule has 3 N–H and O–H groups in total. The number of aryl methyl sites for hydroxylation is 1. The van der Waals surface area contributed by atoms with Gasteiger partial charge in [0.05, 0.1) is 5.56 Å². The fourth-order valence-corrected chi connectivity index (χ4v) is 2.92. The van der Waals surface area contributed by atoms with Gasteiger partial charge in [0.25, 0.3) is 0 Å². The van der Waals surface area contributed by atoms with Gasteiger partial charge in [0.2, 0.25) is 0 Å². The van der Waals surface area contributed by atoms with E-state index in [1.54, 1.807) is 12.1 Å². The smallest absolute Gasteiger partial charge is 0.412 e. The number of phenols is 1. The number of carbonyl (C=O) groups excluding carboxylic acids is 2. The molecule has 0 radical (unpaired) electrons. The van der Waals surface area contributed by atoms with Crippen molar-refractivity contribution in [2.75, 3.05) is 0 Å². The predicted octanol–water partition coefficient (Wildman–Crippen LogP) is 2.40. The van der Waals surface area contributed by atoms with Gasteiger partial charge in [0, 0.05) is 15.0 Å². The summed E-state index contributed by atoms with van der Waals surface area (Å²) in [7, 11) is 0. The number of primary amides is 1. The van der Waals surface area contributed by atoms with Crippen LogP contribution in [0.1, 0.15) is 22.2 Å². The normalized spacial score (nSPS) is 10.5. The van der Waals surface area contributed by atoms with Crippen LogP contribution >= 0.6 is 11.3 Å². The zero-order valence-electron chi connectivity index (χ0n) is 9.60. The number of fused-ring (bicyclic) bond motifs is 1. The highest BCUT2D eigenvalue weighted by Crippen LogP contribution is 2.34. The van der Waals surface area contributed by atoms with Crippen LogP contribution in [-0.2, 0) is 11.2 Å². The summed E-state index contributed by atoms with van der Waals surface area (Å²) in [5, 5.41) is 10.1. The molecule has 0 unspecified atom stereocenters. The van der Waals surface area contributed by atoms with Gasteiger partial charge in [0.15, 0.2) is 0 Å². The maximum atomic E-state index is 11.8. The summed E-state index contributed by atoms with van der Waals surface area (Å²) < 4.78 is 5.19. The summed E-state index contributed by atoms with van der Waals surface area (Å²) in [5.74, 6) is -0.627. The average Bonchev–Trinajstić information content (AvgIpc) is 2.65. The highest BCUT2D eigenvalue weighted by molar-refractivity contribution is 7.19. The van der Waals surface area contributed by atoms with Crippen LogP contribution in [0.25, 0.3) is 10.1 Å². The molecule has 1 amide bonds. The Bertz CT molecular complexity index is 632. The van der Waals surface area contributed by atoms with E-state index in [1.807, 2.05) is 6.92 Å². The number of phenolic OH excluding ortho intramolecular Hbond substituents is 1. The van der Waals surface area contributed by atoms with Gasteiger partial charge in [-0.1, -0.05) is 6.92 Å². The Hall–Kier alpha value is -2.08. The van der Waals surface area contributed by atoms with E-state index in [9.17, 15) is 14.7 Å². The van der Waals surface area contributed by atoms with Gasteiger partial charge in [0.1, 0.15) is 5.75 Å². The van der Waals surface area contributed by atoms with Crippen LogP contribution in [0.15, 0.2) is 18.2 Å². The molecule has 0 aliphatic rings. The molecule has 94 valence electrons. The van der Waals surface area contributed by atoms with Crippen molar-refractivity contribution in [3.8, 4) is 5.75 Å². The van der Waals surface area contributed by atoms with Gasteiger partial charge in [-0.3, -0.25) is 0 Å². The van der Waals surface area contributed by atoms with Crippen molar-refractivity contribution >= 4 is 33.5 Å². The molecule has 2 aromatic rings. The molecular weight excluding hydrogens is 254 g/mol. The molecule has 0 saturated carbocycles. The summed E-state index contributed by atoms with van der Waals surface area (Å²) >= 11 is 1.38. The third kappa shape index (κ3) is 2.14. The lowest BCUT2D eigenvalue weighted by atomic mass is 10.1. The molecule has 0 saturated heterocycles. The second-order valence-corrected chi connectivity index (χ2v) is 4.78. The minimum atomic E-state index is -1.12. The first-order chi connectivity index (χ1) is 8.52. The van der Waals surface area contributed by atoms with Crippen molar-refractivity contribution in [2.45, 2.75) is 13.3 Å². The van der Waals surface area contributed by atoms with Gasteiger partial charge in [-0.05, 0) is 24.6 Å². The molecule has 0 aliphatic carbocycles. The van der Waals surface area contributed by atoms with Crippen LogP contribution in [0.4, 0.5) is 4.79 Å². The van der Waals surface area contributed by atoms with Crippen molar-refractivity contribution in [3.63, 3.8) is 0 Å². The van der Waals surface area contributed by atoms with E-state index < -0.39 is 12.1 Å². The van der Waals surface area contributed by atoms with Gasteiger partial charge >= 0.3 is 12.1 Å². The number of rotatable bonds is 2. The van der Waals surface area contributed by atoms with Crippen LogP contribution < -0.4 is 5.73 Å². The fraction of sp³-hybridized carbons (Fsp3) is 0.167. The maximum absolute atomic E-state index is 11.8. The maximum Gasteiger partial charge on any atom is 0.412 e. The molecule has 0 aliphatic heterocycles. The molecule has 5 nitrogen and oxygen atoms in total. The number of benzene rings is 1. The van der Waals surface area contributed by atoms with Crippen molar-refractivity contribution in [1.82, 2.24) is 0 Å². The third-order valence-corrected chi connectivity index (χ3v) is 3.76. The summed E-state index contributed by atoms with van der Waals surface area (Å²) in [6.07, 6.45) is -0.497. The fourth-order valence-electron chi connectivity index (χ4n) is 1.75. The molecule has 2 rings (SSSR count). The lowest BCUT2D eigenvalue weighted by Gasteiger charge is -2.01. The molecule has 0 fully saturated rings. The minimum Gasteiger partial charge on any atom is -0.508 e. The SMILES string of the molecule is CCc1sc2cc(O)ccc2c1C(=O)OC(N)=O. The zero-order chi connectivity index (χ0) is 13.3. The largest absolute Gasteiger partial charge is 0.508 e. The quantitative estimate of drug-likeness (QED) is 0.644. The molecule has 0 bridgehead atoms. The first-order valence-electron chi connectivity index (χ1n) is 5.29. The molecule has 1 aromatic heterocycles. The van der Waals surface area contributed by atoms with E-state index in [0.29, 0.717) is 17.4 Å². The van der Waals surface area contributed by atoms with Crippen molar-refractivity contribution < 1.29 is 19.4 Å². The van der Waals surface area contributed by atoms with E-state index in [4.69, 9.17) is 5.73 Å². The van der Waals surface area contributed by atoms with Crippen LogP contribution in [-0.4, -0.2) is 17.2 Å². The van der Waals surface area contributed by atoms with Crippen molar-refractivity contribution in [1.29, 1.82) is 0 Å². The summed E-state index contributed by atoms with van der Waals surface area (Å²) in [4.78, 5) is 23.2. The first-order valence-corrected chi connectivity index (χ1v) is 6.10. The Labute approximate surface area is 107 Å². The van der Waals surface area contributed by atoms with Crippen LogP contribution in [0.3, 0.4) is 0 Å². The number of nitrogens with two attached hydrogens (primary N) is 1. The van der Waals surface area contributed by atoms with E-state index in [1.165, 1.54) is 17.4 Å². The number of hydrogen-bond acceptors (Lipinski definition) is 5. The number of thiophene rings is 1. The number of esters is 1. The molecule has 1 heterocycles. The molecular formula is C12H11NO4S. The average molecular weight is 265 g/mol. The van der Waals surface area contributed by atoms with E-state index in [-0.39, 0.29) is 5.75 Å². The van der Waals surface area contributed by atoms with Gasteiger partial charge in [-0.2, -0.15) is 0 Å². The zero-order valence-corrected chi connectivity index (χ0v) is 10.4. The van der Waals surface area contributed by atoms with E-state index in [0.717, 1.165) is 9.58 Å². The molecule has 0 atom stereocenters. The number of ether oxygens (including phenoxy) is 1. The Kier molecular flexibility index (Phi) is 3.20. The summed E-state index contributed by atoms with van der Waals surface area (Å²) in [6.45, 7) is 1.89. The second-order valence-electron chi connectivity index (χ2n) is 3.64.